The molecule has 1 aliphatic rings. The molecule has 0 aromatic carbocycles. The summed E-state index contributed by atoms with van der Waals surface area (Å²) in [5.41, 5.74) is 0.813. The van der Waals surface area contributed by atoms with Crippen molar-refractivity contribution >= 4 is 17.7 Å². The minimum Gasteiger partial charge on any atom is -0.479 e. The van der Waals surface area contributed by atoms with E-state index < -0.39 is 17.4 Å². The topological polar surface area (TPSA) is 99.7 Å². The lowest BCUT2D eigenvalue weighted by Crippen LogP contribution is -2.65. The van der Waals surface area contributed by atoms with Gasteiger partial charge in [-0.05, 0) is 25.8 Å². The zero-order chi connectivity index (χ0) is 18.2. The Bertz CT molecular complexity index is 685. The number of nitrogens with zero attached hydrogens (tertiary/aromatic N) is 1. The van der Waals surface area contributed by atoms with Gasteiger partial charge < -0.3 is 19.7 Å². The van der Waals surface area contributed by atoms with Crippen LogP contribution in [0.2, 0.25) is 0 Å². The summed E-state index contributed by atoms with van der Waals surface area (Å²) in [5, 5.41) is 9.62. The number of hydrogen-bond acceptors (Lipinski definition) is 4. The molecule has 7 heteroatoms. The maximum atomic E-state index is 12.9. The Morgan fingerprint density at radius 1 is 1.38 bits per heavy atom. The fourth-order valence-corrected chi connectivity index (χ4v) is 3.50. The van der Waals surface area contributed by atoms with E-state index in [9.17, 15) is 19.5 Å². The van der Waals surface area contributed by atoms with Crippen molar-refractivity contribution < 1.29 is 24.2 Å². The van der Waals surface area contributed by atoms with Gasteiger partial charge in [0.2, 0.25) is 0 Å². The molecule has 1 fully saturated rings. The van der Waals surface area contributed by atoms with Gasteiger partial charge in [-0.15, -0.1) is 0 Å². The molecule has 2 rings (SSSR count). The molecule has 2 N–H and O–H groups in total. The molecular weight excluding hydrogens is 312 g/mol. The second-order valence-electron chi connectivity index (χ2n) is 6.36. The average molecular weight is 336 g/mol. The van der Waals surface area contributed by atoms with Crippen LogP contribution in [0, 0.1) is 6.92 Å². The van der Waals surface area contributed by atoms with Crippen molar-refractivity contribution in [1.29, 1.82) is 0 Å². The van der Waals surface area contributed by atoms with Gasteiger partial charge in [0, 0.05) is 38.3 Å². The third kappa shape index (κ3) is 2.62. The van der Waals surface area contributed by atoms with E-state index in [2.05, 4.69) is 4.98 Å². The number of H-pyrrole nitrogens is 1. The van der Waals surface area contributed by atoms with Gasteiger partial charge in [0.15, 0.2) is 5.78 Å². The summed E-state index contributed by atoms with van der Waals surface area (Å²) in [4.78, 5) is 40.8. The predicted molar refractivity (Wildman–Crippen MR) is 87.4 cm³/mol. The first kappa shape index (κ1) is 18.2. The van der Waals surface area contributed by atoms with Gasteiger partial charge in [0.05, 0.1) is 6.10 Å². The SMILES string of the molecule is CCc1c(C(=O)N(C)C2(C(=O)O)CC(OC)C2)[nH]c(C)c1C(C)=O. The summed E-state index contributed by atoms with van der Waals surface area (Å²) in [6, 6.07) is 0. The number of carboxylic acids is 1. The Balaban J connectivity index is 2.40. The summed E-state index contributed by atoms with van der Waals surface area (Å²) in [6.07, 6.45) is 0.846. The minimum atomic E-state index is -1.27. The first-order valence-corrected chi connectivity index (χ1v) is 7.96. The Hall–Kier alpha value is -2.15. The quantitative estimate of drug-likeness (QED) is 0.772. The number of carboxylic acid groups (broad SMARTS) is 1. The number of likely N-dealkylation sites (N-methyl/N-ethyl adjacent to an activating group) is 1. The maximum Gasteiger partial charge on any atom is 0.329 e. The number of amides is 1. The van der Waals surface area contributed by atoms with Crippen molar-refractivity contribution in [3.63, 3.8) is 0 Å². The van der Waals surface area contributed by atoms with E-state index in [0.29, 0.717) is 28.9 Å². The first-order chi connectivity index (χ1) is 11.2. The van der Waals surface area contributed by atoms with Crippen molar-refractivity contribution in [2.75, 3.05) is 14.2 Å². The molecule has 0 aliphatic heterocycles. The molecule has 0 spiro atoms. The van der Waals surface area contributed by atoms with Crippen LogP contribution in [0.15, 0.2) is 0 Å². The molecule has 0 bridgehead atoms. The monoisotopic (exact) mass is 336 g/mol. The third-order valence-corrected chi connectivity index (χ3v) is 5.02. The van der Waals surface area contributed by atoms with Gasteiger partial charge in [-0.1, -0.05) is 6.92 Å². The highest BCUT2D eigenvalue weighted by Gasteiger charge is 2.55. The molecule has 1 heterocycles. The fraction of sp³-hybridized carbons (Fsp3) is 0.588. The van der Waals surface area contributed by atoms with Crippen molar-refractivity contribution in [2.24, 2.45) is 0 Å². The highest BCUT2D eigenvalue weighted by Crippen LogP contribution is 2.40. The molecule has 0 saturated heterocycles. The van der Waals surface area contributed by atoms with E-state index >= 15 is 0 Å². The van der Waals surface area contributed by atoms with Gasteiger partial charge >= 0.3 is 5.97 Å². The second-order valence-corrected chi connectivity index (χ2v) is 6.36. The average Bonchev–Trinajstić information content (AvgIpc) is 2.81. The number of hydrogen-bond donors (Lipinski definition) is 2. The van der Waals surface area contributed by atoms with Crippen LogP contribution in [0.25, 0.3) is 0 Å². The van der Waals surface area contributed by atoms with Gasteiger partial charge in [0.25, 0.3) is 5.91 Å². The minimum absolute atomic E-state index is 0.113. The van der Waals surface area contributed by atoms with Gasteiger partial charge in [0.1, 0.15) is 11.2 Å². The Kier molecular flexibility index (Phi) is 4.85. The van der Waals surface area contributed by atoms with Crippen LogP contribution < -0.4 is 0 Å². The van der Waals surface area contributed by atoms with E-state index in [-0.39, 0.29) is 24.7 Å². The number of rotatable bonds is 6. The van der Waals surface area contributed by atoms with Crippen LogP contribution in [0.1, 0.15) is 58.8 Å². The highest BCUT2D eigenvalue weighted by molar-refractivity contribution is 6.04. The standard InChI is InChI=1S/C17H24N2O5/c1-6-12-13(10(3)20)9(2)18-14(12)15(21)19(4)17(16(22)23)7-11(8-17)24-5/h11,18H,6-8H2,1-5H3,(H,22,23). The van der Waals surface area contributed by atoms with Crippen LogP contribution in [0.3, 0.4) is 0 Å². The summed E-state index contributed by atoms with van der Waals surface area (Å²) >= 11 is 0. The molecule has 0 atom stereocenters. The molecule has 132 valence electrons. The maximum absolute atomic E-state index is 12.9. The van der Waals surface area contributed by atoms with Crippen LogP contribution in [-0.4, -0.2) is 58.5 Å². The molecule has 1 saturated carbocycles. The molecule has 0 unspecified atom stereocenters. The number of nitrogens with one attached hydrogen (secondary N) is 1. The van der Waals surface area contributed by atoms with Crippen molar-refractivity contribution in [3.8, 4) is 0 Å². The highest BCUT2D eigenvalue weighted by atomic mass is 16.5. The first-order valence-electron chi connectivity index (χ1n) is 7.96. The van der Waals surface area contributed by atoms with Crippen molar-refractivity contribution in [3.05, 3.63) is 22.5 Å². The Labute approximate surface area is 141 Å². The number of carbonyl (C=O) groups is 3. The summed E-state index contributed by atoms with van der Waals surface area (Å²) < 4.78 is 5.17. The van der Waals surface area contributed by atoms with Gasteiger partial charge in [-0.2, -0.15) is 0 Å². The lowest BCUT2D eigenvalue weighted by atomic mass is 9.72. The zero-order valence-corrected chi connectivity index (χ0v) is 14.7. The molecule has 7 nitrogen and oxygen atoms in total. The number of ether oxygens (including phenoxy) is 1. The van der Waals surface area contributed by atoms with Crippen LogP contribution in [-0.2, 0) is 16.0 Å². The Morgan fingerprint density at radius 2 is 1.96 bits per heavy atom. The smallest absolute Gasteiger partial charge is 0.329 e. The van der Waals surface area contributed by atoms with Crippen LogP contribution >= 0.6 is 0 Å². The van der Waals surface area contributed by atoms with E-state index in [1.807, 2.05) is 6.92 Å². The normalized spacial score (nSPS) is 22.8. The largest absolute Gasteiger partial charge is 0.479 e. The number of methoxy groups -OCH3 is 1. The molecular formula is C17H24N2O5. The number of Topliss-reactive ketones (excluding diaryl/α,β-unsaturated/α-hetero) is 1. The summed E-state index contributed by atoms with van der Waals surface area (Å²) in [7, 11) is 3.02. The number of carbonyl (C=O) groups excluding carboxylic acids is 2. The van der Waals surface area contributed by atoms with Crippen molar-refractivity contribution in [2.45, 2.75) is 51.7 Å². The number of aromatic nitrogens is 1. The number of aromatic amines is 1. The van der Waals surface area contributed by atoms with Crippen LogP contribution in [0.4, 0.5) is 0 Å². The molecule has 0 radical (unpaired) electrons. The molecule has 24 heavy (non-hydrogen) atoms. The zero-order valence-electron chi connectivity index (χ0n) is 14.7. The van der Waals surface area contributed by atoms with E-state index in [1.165, 1.54) is 26.0 Å². The molecule has 1 amide bonds. The fourth-order valence-electron chi connectivity index (χ4n) is 3.50. The van der Waals surface area contributed by atoms with Crippen LogP contribution in [0.5, 0.6) is 0 Å². The lowest BCUT2D eigenvalue weighted by Gasteiger charge is -2.48. The molecule has 1 aliphatic carbocycles. The van der Waals surface area contributed by atoms with E-state index in [1.54, 1.807) is 6.92 Å². The number of ketones is 1. The summed E-state index contributed by atoms with van der Waals surface area (Å²) in [5.74, 6) is -1.57. The third-order valence-electron chi connectivity index (χ3n) is 5.02. The molecule has 1 aromatic rings. The molecule has 1 aromatic heterocycles. The van der Waals surface area contributed by atoms with Crippen molar-refractivity contribution in [1.82, 2.24) is 9.88 Å². The van der Waals surface area contributed by atoms with Gasteiger partial charge in [-0.25, -0.2) is 4.79 Å². The van der Waals surface area contributed by atoms with E-state index in [0.717, 1.165) is 0 Å². The second kappa shape index (κ2) is 6.39. The number of aliphatic carboxylic acids is 1. The number of aryl methyl sites for hydroxylation is 1. The summed E-state index contributed by atoms with van der Waals surface area (Å²) in [6.45, 7) is 5.06. The van der Waals surface area contributed by atoms with Gasteiger partial charge in [-0.3, -0.25) is 9.59 Å². The Morgan fingerprint density at radius 3 is 2.38 bits per heavy atom. The predicted octanol–water partition coefficient (Wildman–Crippen LogP) is 1.79. The van der Waals surface area contributed by atoms with E-state index in [4.69, 9.17) is 4.74 Å². The lowest BCUT2D eigenvalue weighted by molar-refractivity contribution is -0.165.